The predicted molar refractivity (Wildman–Crippen MR) is 44.8 cm³/mol. The molecular weight excluding hydrogens is 154 g/mol. The summed E-state index contributed by atoms with van der Waals surface area (Å²) in [7, 11) is 0. The summed E-state index contributed by atoms with van der Waals surface area (Å²) in [6, 6.07) is 1.88. The van der Waals surface area contributed by atoms with E-state index in [4.69, 9.17) is 5.11 Å². The van der Waals surface area contributed by atoms with Crippen LogP contribution in [0, 0.1) is 5.92 Å². The van der Waals surface area contributed by atoms with Crippen molar-refractivity contribution in [3.05, 3.63) is 18.6 Å². The first-order valence-corrected chi connectivity index (χ1v) is 4.02. The van der Waals surface area contributed by atoms with Crippen LogP contribution in [-0.4, -0.2) is 34.8 Å². The fourth-order valence-corrected chi connectivity index (χ4v) is 1.34. The molecule has 0 bridgehead atoms. The van der Waals surface area contributed by atoms with Crippen molar-refractivity contribution in [1.82, 2.24) is 9.97 Å². The Morgan fingerprint density at radius 2 is 2.42 bits per heavy atom. The number of hydrogen-bond donors (Lipinski definition) is 1. The zero-order valence-electron chi connectivity index (χ0n) is 6.72. The molecule has 4 heteroatoms. The van der Waals surface area contributed by atoms with Gasteiger partial charge in [0.05, 0.1) is 0 Å². The average Bonchev–Trinajstić information content (AvgIpc) is 2.04. The van der Waals surface area contributed by atoms with E-state index in [0.29, 0.717) is 5.92 Å². The highest BCUT2D eigenvalue weighted by Crippen LogP contribution is 2.20. The van der Waals surface area contributed by atoms with Crippen LogP contribution < -0.4 is 4.90 Å². The molecule has 2 heterocycles. The van der Waals surface area contributed by atoms with Crippen molar-refractivity contribution < 1.29 is 5.11 Å². The van der Waals surface area contributed by atoms with Crippen LogP contribution in [0.5, 0.6) is 0 Å². The number of hydrogen-bond acceptors (Lipinski definition) is 4. The summed E-state index contributed by atoms with van der Waals surface area (Å²) >= 11 is 0. The third-order valence-corrected chi connectivity index (χ3v) is 2.11. The average molecular weight is 165 g/mol. The van der Waals surface area contributed by atoms with Crippen molar-refractivity contribution in [2.45, 2.75) is 0 Å². The van der Waals surface area contributed by atoms with Gasteiger partial charge >= 0.3 is 0 Å². The molecule has 1 aliphatic heterocycles. The number of aliphatic hydroxyl groups is 1. The van der Waals surface area contributed by atoms with Gasteiger partial charge in [-0.15, -0.1) is 0 Å². The van der Waals surface area contributed by atoms with Crippen LogP contribution in [0.4, 0.5) is 5.82 Å². The summed E-state index contributed by atoms with van der Waals surface area (Å²) in [4.78, 5) is 10.1. The Hall–Kier alpha value is -1.16. The number of aliphatic hydroxyl groups excluding tert-OH is 1. The second-order valence-electron chi connectivity index (χ2n) is 3.02. The van der Waals surface area contributed by atoms with Crippen LogP contribution >= 0.6 is 0 Å². The van der Waals surface area contributed by atoms with Gasteiger partial charge in [0.15, 0.2) is 0 Å². The Morgan fingerprint density at radius 3 is 3.00 bits per heavy atom. The molecular formula is C8H11N3O. The molecule has 0 aromatic carbocycles. The number of rotatable bonds is 2. The molecule has 2 rings (SSSR count). The number of aromatic nitrogens is 2. The number of nitrogens with zero attached hydrogens (tertiary/aromatic N) is 3. The summed E-state index contributed by atoms with van der Waals surface area (Å²) in [5.74, 6) is 1.38. The van der Waals surface area contributed by atoms with Crippen LogP contribution in [0.3, 0.4) is 0 Å². The Balaban J connectivity index is 1.97. The summed E-state index contributed by atoms with van der Waals surface area (Å²) in [6.45, 7) is 2.10. The van der Waals surface area contributed by atoms with Gasteiger partial charge in [-0.2, -0.15) is 0 Å². The highest BCUT2D eigenvalue weighted by molar-refractivity contribution is 5.39. The molecule has 1 aliphatic rings. The quantitative estimate of drug-likeness (QED) is 0.665. The monoisotopic (exact) mass is 165 g/mol. The van der Waals surface area contributed by atoms with Gasteiger partial charge < -0.3 is 10.0 Å². The molecule has 0 spiro atoms. The minimum Gasteiger partial charge on any atom is -0.396 e. The van der Waals surface area contributed by atoms with E-state index >= 15 is 0 Å². The molecule has 0 aliphatic carbocycles. The third kappa shape index (κ3) is 1.25. The molecule has 1 aromatic rings. The second-order valence-corrected chi connectivity index (χ2v) is 3.02. The highest BCUT2D eigenvalue weighted by Gasteiger charge is 2.26. The van der Waals surface area contributed by atoms with Gasteiger partial charge in [-0.05, 0) is 6.07 Å². The molecule has 12 heavy (non-hydrogen) atoms. The van der Waals surface area contributed by atoms with E-state index in [-0.39, 0.29) is 6.61 Å². The van der Waals surface area contributed by atoms with Gasteiger partial charge in [0, 0.05) is 31.8 Å². The Kier molecular flexibility index (Phi) is 1.91. The molecule has 64 valence electrons. The maximum Gasteiger partial charge on any atom is 0.131 e. The normalized spacial score (nSPS) is 17.6. The van der Waals surface area contributed by atoms with Crippen molar-refractivity contribution in [1.29, 1.82) is 0 Å². The summed E-state index contributed by atoms with van der Waals surface area (Å²) in [5, 5.41) is 8.79. The van der Waals surface area contributed by atoms with Gasteiger partial charge in [0.2, 0.25) is 0 Å². The van der Waals surface area contributed by atoms with Crippen molar-refractivity contribution in [2.24, 2.45) is 5.92 Å². The summed E-state index contributed by atoms with van der Waals surface area (Å²) < 4.78 is 0. The first-order valence-electron chi connectivity index (χ1n) is 4.02. The maximum absolute atomic E-state index is 8.79. The lowest BCUT2D eigenvalue weighted by Gasteiger charge is -2.38. The van der Waals surface area contributed by atoms with Crippen LogP contribution in [0.25, 0.3) is 0 Å². The topological polar surface area (TPSA) is 49.2 Å². The zero-order chi connectivity index (χ0) is 8.39. The van der Waals surface area contributed by atoms with Crippen LogP contribution in [0.2, 0.25) is 0 Å². The first kappa shape index (κ1) is 7.49. The maximum atomic E-state index is 8.79. The minimum absolute atomic E-state index is 0.279. The molecule has 4 nitrogen and oxygen atoms in total. The van der Waals surface area contributed by atoms with Gasteiger partial charge in [0.1, 0.15) is 12.1 Å². The lowest BCUT2D eigenvalue weighted by Crippen LogP contribution is -2.48. The van der Waals surface area contributed by atoms with Crippen molar-refractivity contribution in [2.75, 3.05) is 24.6 Å². The molecule has 0 radical (unpaired) electrons. The molecule has 1 saturated heterocycles. The molecule has 1 N–H and O–H groups in total. The van der Waals surface area contributed by atoms with Gasteiger partial charge in [-0.1, -0.05) is 0 Å². The van der Waals surface area contributed by atoms with E-state index in [0.717, 1.165) is 18.9 Å². The third-order valence-electron chi connectivity index (χ3n) is 2.11. The van der Waals surface area contributed by atoms with E-state index < -0.39 is 0 Å². The highest BCUT2D eigenvalue weighted by atomic mass is 16.3. The van der Waals surface area contributed by atoms with Crippen LogP contribution in [0.15, 0.2) is 18.6 Å². The fourth-order valence-electron chi connectivity index (χ4n) is 1.34. The van der Waals surface area contributed by atoms with E-state index in [2.05, 4.69) is 14.9 Å². The van der Waals surface area contributed by atoms with Crippen molar-refractivity contribution >= 4 is 5.82 Å². The smallest absolute Gasteiger partial charge is 0.131 e. The van der Waals surface area contributed by atoms with Crippen molar-refractivity contribution in [3.63, 3.8) is 0 Å². The Morgan fingerprint density at radius 1 is 1.58 bits per heavy atom. The van der Waals surface area contributed by atoms with Gasteiger partial charge in [-0.25, -0.2) is 9.97 Å². The molecule has 1 fully saturated rings. The molecule has 1 aromatic heterocycles. The van der Waals surface area contributed by atoms with Crippen molar-refractivity contribution in [3.8, 4) is 0 Å². The minimum atomic E-state index is 0.279. The van der Waals surface area contributed by atoms with E-state index in [1.54, 1.807) is 12.5 Å². The molecule has 0 amide bonds. The lowest BCUT2D eigenvalue weighted by molar-refractivity contribution is 0.200. The summed E-state index contributed by atoms with van der Waals surface area (Å²) in [6.07, 6.45) is 3.27. The first-order chi connectivity index (χ1) is 5.90. The number of anilines is 1. The Bertz CT molecular complexity index is 246. The second kappa shape index (κ2) is 3.06. The molecule has 0 saturated carbocycles. The SMILES string of the molecule is OCC1CN(c2ccncn2)C1. The lowest BCUT2D eigenvalue weighted by atomic mass is 10.0. The summed E-state index contributed by atoms with van der Waals surface area (Å²) in [5.41, 5.74) is 0. The predicted octanol–water partition coefficient (Wildman–Crippen LogP) is -0.0949. The van der Waals surface area contributed by atoms with E-state index in [1.165, 1.54) is 0 Å². The Labute approximate surface area is 70.9 Å². The zero-order valence-corrected chi connectivity index (χ0v) is 6.72. The van der Waals surface area contributed by atoms with Crippen LogP contribution in [-0.2, 0) is 0 Å². The van der Waals surface area contributed by atoms with Gasteiger partial charge in [-0.3, -0.25) is 0 Å². The molecule has 0 unspecified atom stereocenters. The largest absolute Gasteiger partial charge is 0.396 e. The standard InChI is InChI=1S/C8H11N3O/c12-5-7-3-11(4-7)8-1-2-9-6-10-8/h1-2,6-7,12H,3-5H2. The van der Waals surface area contributed by atoms with Crippen LogP contribution in [0.1, 0.15) is 0 Å². The molecule has 0 atom stereocenters. The fraction of sp³-hybridized carbons (Fsp3) is 0.500. The van der Waals surface area contributed by atoms with Gasteiger partial charge in [0.25, 0.3) is 0 Å². The van der Waals surface area contributed by atoms with E-state index in [9.17, 15) is 0 Å². The van der Waals surface area contributed by atoms with E-state index in [1.807, 2.05) is 6.07 Å².